The fraction of sp³-hybridized carbons (Fsp3) is 0.176. The molecule has 22 heavy (non-hydrogen) atoms. The van der Waals surface area contributed by atoms with Crippen molar-refractivity contribution in [2.75, 3.05) is 0 Å². The topological polar surface area (TPSA) is 64.2 Å². The summed E-state index contributed by atoms with van der Waals surface area (Å²) in [6.07, 6.45) is -0.728. The number of aliphatic hydroxyl groups excluding tert-OH is 1. The van der Waals surface area contributed by atoms with Crippen LogP contribution in [0.15, 0.2) is 52.1 Å². The number of hydrogen-bond acceptors (Lipinski definition) is 3. The molecular formula is C17H14N2O3. The first-order chi connectivity index (χ1) is 10.6. The Morgan fingerprint density at radius 2 is 1.68 bits per heavy atom. The van der Waals surface area contributed by atoms with Crippen LogP contribution >= 0.6 is 0 Å². The van der Waals surface area contributed by atoms with Crippen molar-refractivity contribution in [3.8, 4) is 5.69 Å². The highest BCUT2D eigenvalue weighted by Crippen LogP contribution is 2.26. The van der Waals surface area contributed by atoms with Gasteiger partial charge in [-0.25, -0.2) is 9.36 Å². The zero-order valence-electron chi connectivity index (χ0n) is 12.0. The molecule has 1 N–H and O–H groups in total. The molecule has 0 bridgehead atoms. The van der Waals surface area contributed by atoms with Crippen molar-refractivity contribution in [3.05, 3.63) is 74.3 Å². The molecular weight excluding hydrogens is 280 g/mol. The highest BCUT2D eigenvalue weighted by atomic mass is 16.3. The molecule has 0 radical (unpaired) electrons. The van der Waals surface area contributed by atoms with E-state index in [1.807, 2.05) is 25.1 Å². The summed E-state index contributed by atoms with van der Waals surface area (Å²) in [6, 6.07) is 12.4. The molecule has 0 saturated heterocycles. The first-order valence-electron chi connectivity index (χ1n) is 7.13. The molecule has 110 valence electrons. The predicted octanol–water partition coefficient (Wildman–Crippen LogP) is 1.51. The van der Waals surface area contributed by atoms with Gasteiger partial charge in [-0.15, -0.1) is 0 Å². The van der Waals surface area contributed by atoms with Gasteiger partial charge in [0.25, 0.3) is 11.1 Å². The minimum absolute atomic E-state index is 0.287. The van der Waals surface area contributed by atoms with Crippen LogP contribution < -0.4 is 11.1 Å². The summed E-state index contributed by atoms with van der Waals surface area (Å²) in [7, 11) is 0. The Labute approximate surface area is 125 Å². The van der Waals surface area contributed by atoms with Crippen molar-refractivity contribution in [1.82, 2.24) is 9.36 Å². The number of para-hydroxylation sites is 1. The molecule has 3 aromatic rings. The zero-order chi connectivity index (χ0) is 15.4. The van der Waals surface area contributed by atoms with Crippen LogP contribution in [0.4, 0.5) is 0 Å². The van der Waals surface area contributed by atoms with Crippen LogP contribution in [-0.4, -0.2) is 14.5 Å². The van der Waals surface area contributed by atoms with Crippen LogP contribution in [0.25, 0.3) is 16.5 Å². The lowest BCUT2D eigenvalue weighted by atomic mass is 10.0. The summed E-state index contributed by atoms with van der Waals surface area (Å²) in [5, 5.41) is 11.1. The smallest absolute Gasteiger partial charge is 0.278 e. The molecule has 5 heteroatoms. The van der Waals surface area contributed by atoms with Gasteiger partial charge < -0.3 is 5.11 Å². The summed E-state index contributed by atoms with van der Waals surface area (Å²) in [5.74, 6) is 0. The van der Waals surface area contributed by atoms with Gasteiger partial charge in [-0.05, 0) is 30.2 Å². The molecule has 1 atom stereocenters. The standard InChI is InChI=1S/C17H14N2O3/c1-10-5-4-6-11-9-14(20)18-16(21)12-7-2-3-8-13(12)17(22)19(18)15(10)11/h2-8,14,20H,9H2,1H3. The van der Waals surface area contributed by atoms with Gasteiger partial charge in [0.15, 0.2) is 6.23 Å². The summed E-state index contributed by atoms with van der Waals surface area (Å²) >= 11 is 0. The maximum atomic E-state index is 12.9. The number of nitrogens with zero attached hydrogens (tertiary/aromatic N) is 2. The Morgan fingerprint density at radius 3 is 2.41 bits per heavy atom. The first-order valence-corrected chi connectivity index (χ1v) is 7.13. The number of rotatable bonds is 0. The molecule has 1 aromatic heterocycles. The minimum atomic E-state index is -1.04. The Hall–Kier alpha value is -2.66. The molecule has 1 unspecified atom stereocenters. The van der Waals surface area contributed by atoms with Gasteiger partial charge in [0.1, 0.15) is 0 Å². The number of aryl methyl sites for hydroxylation is 1. The lowest BCUT2D eigenvalue weighted by molar-refractivity contribution is 0.0704. The molecule has 1 aliphatic heterocycles. The SMILES string of the molecule is Cc1cccc2c1-n1c(=O)c3ccccc3c(=O)n1C(O)C2. The summed E-state index contributed by atoms with van der Waals surface area (Å²) < 4.78 is 2.49. The molecule has 2 heterocycles. The maximum absolute atomic E-state index is 12.9. The van der Waals surface area contributed by atoms with E-state index in [1.165, 1.54) is 9.36 Å². The van der Waals surface area contributed by atoms with E-state index in [2.05, 4.69) is 0 Å². The normalized spacial score (nSPS) is 16.4. The van der Waals surface area contributed by atoms with Gasteiger partial charge in [-0.2, -0.15) is 0 Å². The molecule has 0 spiro atoms. The van der Waals surface area contributed by atoms with Crippen molar-refractivity contribution >= 4 is 10.8 Å². The highest BCUT2D eigenvalue weighted by Gasteiger charge is 2.27. The third-order valence-corrected chi connectivity index (χ3v) is 4.22. The molecule has 2 aromatic carbocycles. The zero-order valence-corrected chi connectivity index (χ0v) is 12.0. The monoisotopic (exact) mass is 294 g/mol. The number of aliphatic hydroxyl groups is 1. The van der Waals surface area contributed by atoms with E-state index in [0.717, 1.165) is 11.1 Å². The van der Waals surface area contributed by atoms with Crippen LogP contribution in [0, 0.1) is 6.92 Å². The van der Waals surface area contributed by atoms with Crippen LogP contribution in [-0.2, 0) is 6.42 Å². The first kappa shape index (κ1) is 13.0. The lowest BCUT2D eigenvalue weighted by Crippen LogP contribution is -2.43. The Morgan fingerprint density at radius 1 is 1.00 bits per heavy atom. The molecule has 5 nitrogen and oxygen atoms in total. The average molecular weight is 294 g/mol. The molecule has 1 aliphatic rings. The predicted molar refractivity (Wildman–Crippen MR) is 83.5 cm³/mol. The van der Waals surface area contributed by atoms with Gasteiger partial charge in [0.2, 0.25) is 0 Å². The van der Waals surface area contributed by atoms with Crippen LogP contribution in [0.2, 0.25) is 0 Å². The van der Waals surface area contributed by atoms with E-state index in [0.29, 0.717) is 22.9 Å². The average Bonchev–Trinajstić information content (AvgIpc) is 2.52. The molecule has 0 aliphatic carbocycles. The van der Waals surface area contributed by atoms with E-state index >= 15 is 0 Å². The van der Waals surface area contributed by atoms with Crippen molar-refractivity contribution in [3.63, 3.8) is 0 Å². The summed E-state index contributed by atoms with van der Waals surface area (Å²) in [6.45, 7) is 1.90. The Kier molecular flexibility index (Phi) is 2.62. The van der Waals surface area contributed by atoms with E-state index in [1.54, 1.807) is 24.3 Å². The molecule has 0 saturated carbocycles. The number of hydrogen-bond donors (Lipinski definition) is 1. The van der Waals surface area contributed by atoms with Gasteiger partial charge >= 0.3 is 0 Å². The fourth-order valence-electron chi connectivity index (χ4n) is 3.23. The van der Waals surface area contributed by atoms with Crippen molar-refractivity contribution in [2.45, 2.75) is 19.6 Å². The molecule has 0 amide bonds. The van der Waals surface area contributed by atoms with Gasteiger partial charge in [0.05, 0.1) is 16.5 Å². The summed E-state index contributed by atoms with van der Waals surface area (Å²) in [4.78, 5) is 25.6. The quantitative estimate of drug-likeness (QED) is 0.683. The Balaban J connectivity index is 2.28. The van der Waals surface area contributed by atoms with E-state index in [-0.39, 0.29) is 11.1 Å². The van der Waals surface area contributed by atoms with Gasteiger partial charge in [0, 0.05) is 6.42 Å². The van der Waals surface area contributed by atoms with Crippen LogP contribution in [0.5, 0.6) is 0 Å². The summed E-state index contributed by atoms with van der Waals surface area (Å²) in [5.41, 5.74) is 1.82. The van der Waals surface area contributed by atoms with Crippen LogP contribution in [0.3, 0.4) is 0 Å². The fourth-order valence-corrected chi connectivity index (χ4v) is 3.23. The number of benzene rings is 2. The van der Waals surface area contributed by atoms with Gasteiger partial charge in [-0.3, -0.25) is 9.59 Å². The highest BCUT2D eigenvalue weighted by molar-refractivity contribution is 5.81. The third kappa shape index (κ3) is 1.57. The second-order valence-electron chi connectivity index (χ2n) is 5.58. The van der Waals surface area contributed by atoms with Crippen molar-refractivity contribution < 1.29 is 5.11 Å². The third-order valence-electron chi connectivity index (χ3n) is 4.22. The van der Waals surface area contributed by atoms with E-state index in [4.69, 9.17) is 0 Å². The molecule has 4 rings (SSSR count). The van der Waals surface area contributed by atoms with Crippen molar-refractivity contribution in [1.29, 1.82) is 0 Å². The van der Waals surface area contributed by atoms with Gasteiger partial charge in [-0.1, -0.05) is 30.3 Å². The maximum Gasteiger partial charge on any atom is 0.278 e. The van der Waals surface area contributed by atoms with E-state index < -0.39 is 6.23 Å². The Bertz CT molecular complexity index is 1030. The second-order valence-corrected chi connectivity index (χ2v) is 5.58. The van der Waals surface area contributed by atoms with E-state index in [9.17, 15) is 14.7 Å². The second kappa shape index (κ2) is 4.42. The largest absolute Gasteiger partial charge is 0.371 e. The lowest BCUT2D eigenvalue weighted by Gasteiger charge is -2.29. The number of aromatic nitrogens is 2. The number of fused-ring (bicyclic) bond motifs is 4. The minimum Gasteiger partial charge on any atom is -0.371 e. The molecule has 0 fully saturated rings. The van der Waals surface area contributed by atoms with Crippen molar-refractivity contribution in [2.24, 2.45) is 0 Å². The van der Waals surface area contributed by atoms with Crippen LogP contribution in [0.1, 0.15) is 17.4 Å².